The number of ether oxygens (including phenoxy) is 1. The van der Waals surface area contributed by atoms with Crippen molar-refractivity contribution in [2.45, 2.75) is 26.3 Å². The minimum absolute atomic E-state index is 0.0685. The second-order valence-electron chi connectivity index (χ2n) is 8.21. The summed E-state index contributed by atoms with van der Waals surface area (Å²) in [5.41, 5.74) is 0.749. The van der Waals surface area contributed by atoms with Crippen molar-refractivity contribution in [1.29, 1.82) is 0 Å². The van der Waals surface area contributed by atoms with Gasteiger partial charge in [-0.05, 0) is 49.1 Å². The second kappa shape index (κ2) is 12.1. The lowest BCUT2D eigenvalue weighted by Gasteiger charge is -2.17. The molecule has 0 saturated heterocycles. The van der Waals surface area contributed by atoms with E-state index in [1.807, 2.05) is 6.92 Å². The van der Waals surface area contributed by atoms with Gasteiger partial charge in [0.05, 0.1) is 12.1 Å². The Morgan fingerprint density at radius 3 is 2.61 bits per heavy atom. The Morgan fingerprint density at radius 1 is 1.22 bits per heavy atom. The Hall–Kier alpha value is -3.99. The van der Waals surface area contributed by atoms with E-state index < -0.39 is 28.9 Å². The van der Waals surface area contributed by atoms with Gasteiger partial charge in [0.1, 0.15) is 16.9 Å². The van der Waals surface area contributed by atoms with Crippen LogP contribution in [0.4, 0.5) is 9.18 Å². The van der Waals surface area contributed by atoms with Crippen molar-refractivity contribution in [2.75, 3.05) is 33.4 Å². The van der Waals surface area contributed by atoms with Crippen molar-refractivity contribution in [2.24, 2.45) is 0 Å². The van der Waals surface area contributed by atoms with Gasteiger partial charge in [0.15, 0.2) is 5.75 Å². The van der Waals surface area contributed by atoms with E-state index in [4.69, 9.17) is 9.84 Å². The number of halogens is 1. The van der Waals surface area contributed by atoms with E-state index in [2.05, 4.69) is 10.3 Å². The zero-order chi connectivity index (χ0) is 26.2. The Morgan fingerprint density at radius 2 is 1.94 bits per heavy atom. The van der Waals surface area contributed by atoms with Crippen LogP contribution in [0.15, 0.2) is 41.3 Å². The van der Waals surface area contributed by atoms with Crippen LogP contribution < -0.4 is 10.9 Å². The minimum atomic E-state index is -1.10. The fourth-order valence-electron chi connectivity index (χ4n) is 3.74. The van der Waals surface area contributed by atoms with Gasteiger partial charge in [-0.1, -0.05) is 12.1 Å². The molecule has 2 aromatic heterocycles. The average molecular weight is 501 g/mol. The molecule has 3 aromatic rings. The fraction of sp³-hybridized carbons (Fsp3) is 0.360. The maximum Gasteiger partial charge on any atom is 0.407 e. The van der Waals surface area contributed by atoms with Crippen LogP contribution >= 0.6 is 0 Å². The Balaban J connectivity index is 2.01. The van der Waals surface area contributed by atoms with Crippen LogP contribution in [0.25, 0.3) is 11.0 Å². The first kappa shape index (κ1) is 26.6. The number of aromatic hydroxyl groups is 1. The molecular formula is C25H29FN4O6. The summed E-state index contributed by atoms with van der Waals surface area (Å²) in [5.74, 6) is -1.64. The highest BCUT2D eigenvalue weighted by atomic mass is 19.1. The molecule has 0 aliphatic carbocycles. The molecule has 0 aliphatic rings. The highest BCUT2D eigenvalue weighted by Crippen LogP contribution is 2.26. The van der Waals surface area contributed by atoms with Gasteiger partial charge in [-0.2, -0.15) is 0 Å². The molecule has 0 radical (unpaired) electrons. The van der Waals surface area contributed by atoms with Crippen molar-refractivity contribution in [3.05, 3.63) is 69.4 Å². The van der Waals surface area contributed by atoms with Gasteiger partial charge in [-0.3, -0.25) is 14.6 Å². The molecule has 0 aliphatic heterocycles. The van der Waals surface area contributed by atoms with Crippen LogP contribution in [-0.2, 0) is 17.7 Å². The maximum atomic E-state index is 13.4. The fourth-order valence-corrected chi connectivity index (χ4v) is 3.74. The van der Waals surface area contributed by atoms with E-state index in [-0.39, 0.29) is 44.0 Å². The highest BCUT2D eigenvalue weighted by molar-refractivity contribution is 6.01. The molecular weight excluding hydrogens is 471 g/mol. The number of pyridine rings is 2. The summed E-state index contributed by atoms with van der Waals surface area (Å²) in [7, 11) is 1.42. The topological polar surface area (TPSA) is 134 Å². The second-order valence-corrected chi connectivity index (χ2v) is 8.21. The molecule has 2 amide bonds. The lowest BCUT2D eigenvalue weighted by atomic mass is 10.1. The molecule has 11 heteroatoms. The molecule has 0 atom stereocenters. The zero-order valence-electron chi connectivity index (χ0n) is 20.2. The van der Waals surface area contributed by atoms with Crippen LogP contribution in [0.1, 0.15) is 34.8 Å². The number of aromatic nitrogens is 2. The molecule has 3 rings (SSSR count). The average Bonchev–Trinajstić information content (AvgIpc) is 2.85. The predicted octanol–water partition coefficient (Wildman–Crippen LogP) is 2.60. The number of hydrogen-bond acceptors (Lipinski definition) is 6. The molecule has 0 spiro atoms. The summed E-state index contributed by atoms with van der Waals surface area (Å²) in [6, 6.07) is 7.66. The molecule has 36 heavy (non-hydrogen) atoms. The SMILES string of the molecule is CCOCCNC(=O)c1c(O)c2ncc(Cc3ccc(F)cc3)cc2n(CCCN(C)C(=O)O)c1=O. The Bertz CT molecular complexity index is 1290. The van der Waals surface area contributed by atoms with Crippen LogP contribution in [0.3, 0.4) is 0 Å². The lowest BCUT2D eigenvalue weighted by Crippen LogP contribution is -2.35. The summed E-state index contributed by atoms with van der Waals surface area (Å²) < 4.78 is 19.8. The summed E-state index contributed by atoms with van der Waals surface area (Å²) >= 11 is 0. The lowest BCUT2D eigenvalue weighted by molar-refractivity contribution is 0.0918. The minimum Gasteiger partial charge on any atom is -0.505 e. The number of carbonyl (C=O) groups excluding carboxylic acids is 1. The van der Waals surface area contributed by atoms with Crippen LogP contribution in [0.5, 0.6) is 5.75 Å². The van der Waals surface area contributed by atoms with Crippen molar-refractivity contribution in [3.8, 4) is 5.75 Å². The standard InChI is InChI=1S/C25H29FN4O6/c1-3-36-12-9-27-23(32)20-22(31)21-19(30(24(20)33)11-4-10-29(2)25(34)35)14-17(15-28-21)13-16-5-7-18(26)8-6-16/h5-8,14-15,31H,3-4,9-13H2,1-2H3,(H,27,32)(H,34,35). The summed E-state index contributed by atoms with van der Waals surface area (Å²) in [6.45, 7) is 2.93. The Labute approximate surface area is 206 Å². The largest absolute Gasteiger partial charge is 0.505 e. The number of carbonyl (C=O) groups is 2. The molecule has 1 aromatic carbocycles. The van der Waals surface area contributed by atoms with E-state index in [1.165, 1.54) is 29.9 Å². The van der Waals surface area contributed by atoms with E-state index >= 15 is 0 Å². The van der Waals surface area contributed by atoms with E-state index in [0.29, 0.717) is 24.1 Å². The zero-order valence-corrected chi connectivity index (χ0v) is 20.2. The van der Waals surface area contributed by atoms with Crippen molar-refractivity contribution in [3.63, 3.8) is 0 Å². The normalized spacial score (nSPS) is 11.0. The van der Waals surface area contributed by atoms with Crippen molar-refractivity contribution >= 4 is 23.0 Å². The summed E-state index contributed by atoms with van der Waals surface area (Å²) in [5, 5.41) is 22.5. The first-order valence-corrected chi connectivity index (χ1v) is 11.5. The molecule has 2 heterocycles. The molecule has 0 saturated carbocycles. The van der Waals surface area contributed by atoms with Gasteiger partial charge in [-0.15, -0.1) is 0 Å². The van der Waals surface area contributed by atoms with Crippen molar-refractivity contribution < 1.29 is 28.9 Å². The molecule has 3 N–H and O–H groups in total. The summed E-state index contributed by atoms with van der Waals surface area (Å²) in [6.07, 6.45) is 1.11. The number of nitrogens with one attached hydrogen (secondary N) is 1. The number of benzene rings is 1. The van der Waals surface area contributed by atoms with Gasteiger partial charge in [0.25, 0.3) is 11.5 Å². The number of carboxylic acid groups (broad SMARTS) is 1. The summed E-state index contributed by atoms with van der Waals surface area (Å²) in [4.78, 5) is 42.7. The Kier molecular flexibility index (Phi) is 8.96. The third-order valence-electron chi connectivity index (χ3n) is 5.62. The smallest absolute Gasteiger partial charge is 0.407 e. The van der Waals surface area contributed by atoms with Crippen LogP contribution in [0, 0.1) is 5.82 Å². The highest BCUT2D eigenvalue weighted by Gasteiger charge is 2.23. The number of hydrogen-bond donors (Lipinski definition) is 3. The molecule has 0 bridgehead atoms. The molecule has 10 nitrogen and oxygen atoms in total. The maximum absolute atomic E-state index is 13.4. The number of fused-ring (bicyclic) bond motifs is 1. The quantitative estimate of drug-likeness (QED) is 0.345. The number of nitrogens with zero attached hydrogens (tertiary/aromatic N) is 3. The third kappa shape index (κ3) is 6.36. The van der Waals surface area contributed by atoms with Gasteiger partial charge < -0.3 is 29.7 Å². The van der Waals surface area contributed by atoms with E-state index in [0.717, 1.165) is 10.5 Å². The van der Waals surface area contributed by atoms with Crippen molar-refractivity contribution in [1.82, 2.24) is 19.8 Å². The van der Waals surface area contributed by atoms with E-state index in [9.17, 15) is 23.9 Å². The molecule has 192 valence electrons. The molecule has 0 unspecified atom stereocenters. The number of rotatable bonds is 11. The van der Waals surface area contributed by atoms with Crippen LogP contribution in [0.2, 0.25) is 0 Å². The van der Waals surface area contributed by atoms with Gasteiger partial charge >= 0.3 is 6.09 Å². The number of amides is 2. The van der Waals surface area contributed by atoms with Crippen LogP contribution in [-0.4, -0.2) is 70.0 Å². The third-order valence-corrected chi connectivity index (χ3v) is 5.62. The predicted molar refractivity (Wildman–Crippen MR) is 131 cm³/mol. The van der Waals surface area contributed by atoms with Gasteiger partial charge in [0, 0.05) is 39.5 Å². The van der Waals surface area contributed by atoms with E-state index in [1.54, 1.807) is 18.2 Å². The monoisotopic (exact) mass is 500 g/mol. The van der Waals surface area contributed by atoms with Gasteiger partial charge in [-0.25, -0.2) is 9.18 Å². The molecule has 0 fully saturated rings. The first-order chi connectivity index (χ1) is 17.2. The first-order valence-electron chi connectivity index (χ1n) is 11.5. The van der Waals surface area contributed by atoms with Gasteiger partial charge in [0.2, 0.25) is 0 Å². The number of aryl methyl sites for hydroxylation is 1.